The molecule has 0 aliphatic heterocycles. The second-order valence-electron chi connectivity index (χ2n) is 7.55. The van der Waals surface area contributed by atoms with Crippen LogP contribution < -0.4 is 16.0 Å². The number of nitrogens with zero attached hydrogens (tertiary/aromatic N) is 2. The summed E-state index contributed by atoms with van der Waals surface area (Å²) in [5.41, 5.74) is 9.17. The molecular formula is C27H30ClN5. The van der Waals surface area contributed by atoms with Gasteiger partial charge in [-0.15, -0.1) is 0 Å². The second-order valence-corrected chi connectivity index (χ2v) is 7.93. The largest absolute Gasteiger partial charge is 0.386 e. The molecule has 0 saturated carbocycles. The molecule has 33 heavy (non-hydrogen) atoms. The number of aromatic nitrogens is 2. The molecule has 0 fully saturated rings. The van der Waals surface area contributed by atoms with Crippen molar-refractivity contribution in [2.24, 2.45) is 0 Å². The van der Waals surface area contributed by atoms with Gasteiger partial charge in [0.05, 0.1) is 23.8 Å². The van der Waals surface area contributed by atoms with Crippen LogP contribution in [0.3, 0.4) is 0 Å². The fourth-order valence-electron chi connectivity index (χ4n) is 3.62. The summed E-state index contributed by atoms with van der Waals surface area (Å²) in [4.78, 5) is 8.38. The van der Waals surface area contributed by atoms with E-state index < -0.39 is 0 Å². The van der Waals surface area contributed by atoms with Gasteiger partial charge in [0.1, 0.15) is 11.0 Å². The van der Waals surface area contributed by atoms with Gasteiger partial charge >= 0.3 is 0 Å². The van der Waals surface area contributed by atoms with Crippen molar-refractivity contribution in [1.29, 1.82) is 0 Å². The molecule has 6 heteroatoms. The van der Waals surface area contributed by atoms with E-state index in [1.807, 2.05) is 45.5 Å². The van der Waals surface area contributed by atoms with Crippen molar-refractivity contribution >= 4 is 28.8 Å². The Morgan fingerprint density at radius 1 is 0.606 bits per heavy atom. The molecule has 5 nitrogen and oxygen atoms in total. The Labute approximate surface area is 201 Å². The van der Waals surface area contributed by atoms with Gasteiger partial charge in [-0.25, -0.2) is 9.97 Å². The van der Waals surface area contributed by atoms with Crippen molar-refractivity contribution in [2.45, 2.75) is 13.8 Å². The van der Waals surface area contributed by atoms with Gasteiger partial charge < -0.3 is 16.0 Å². The molecule has 0 radical (unpaired) electrons. The number of anilines is 3. The molecule has 0 atom stereocenters. The number of aryl methyl sites for hydroxylation is 2. The van der Waals surface area contributed by atoms with Crippen LogP contribution >= 0.6 is 11.6 Å². The summed E-state index contributed by atoms with van der Waals surface area (Å²) in [6.07, 6.45) is 3.61. The summed E-state index contributed by atoms with van der Waals surface area (Å²) < 4.78 is 0. The molecule has 4 aromatic rings. The summed E-state index contributed by atoms with van der Waals surface area (Å²) in [5.74, 6) is 0.877. The lowest BCUT2D eigenvalue weighted by Gasteiger charge is -2.12. The number of nitrogens with one attached hydrogen (secondary N) is 3. The second kappa shape index (κ2) is 11.3. The van der Waals surface area contributed by atoms with Crippen molar-refractivity contribution in [3.63, 3.8) is 0 Å². The van der Waals surface area contributed by atoms with Gasteiger partial charge in [-0.05, 0) is 48.2 Å². The van der Waals surface area contributed by atoms with Gasteiger partial charge in [-0.1, -0.05) is 60.1 Å². The van der Waals surface area contributed by atoms with E-state index in [-0.39, 0.29) is 0 Å². The molecule has 2 aromatic carbocycles. The molecule has 0 saturated heterocycles. The third-order valence-electron chi connectivity index (χ3n) is 5.44. The first-order valence-electron chi connectivity index (χ1n) is 10.8. The average Bonchev–Trinajstić information content (AvgIpc) is 2.84. The summed E-state index contributed by atoms with van der Waals surface area (Å²) in [6.45, 7) is 4.21. The SMILES string of the molecule is CNc1cc(-c2ccccc2C)c(NC)cn1.CNc1cnc(Cl)cc1-c1ccccc1C. The smallest absolute Gasteiger partial charge is 0.129 e. The van der Waals surface area contributed by atoms with Crippen LogP contribution in [-0.4, -0.2) is 31.1 Å². The van der Waals surface area contributed by atoms with Gasteiger partial charge in [0.2, 0.25) is 0 Å². The third kappa shape index (κ3) is 5.82. The Bertz CT molecular complexity index is 1220. The molecule has 3 N–H and O–H groups in total. The number of benzene rings is 2. The minimum Gasteiger partial charge on any atom is -0.386 e. The van der Waals surface area contributed by atoms with Crippen LogP contribution in [0.1, 0.15) is 11.1 Å². The van der Waals surface area contributed by atoms with Crippen molar-refractivity contribution in [3.05, 3.63) is 89.3 Å². The van der Waals surface area contributed by atoms with E-state index >= 15 is 0 Å². The maximum Gasteiger partial charge on any atom is 0.129 e. The van der Waals surface area contributed by atoms with E-state index in [4.69, 9.17) is 11.6 Å². The lowest BCUT2D eigenvalue weighted by Crippen LogP contribution is -1.98. The summed E-state index contributed by atoms with van der Waals surface area (Å²) in [5, 5.41) is 9.89. The van der Waals surface area contributed by atoms with Crippen LogP contribution in [0, 0.1) is 13.8 Å². The lowest BCUT2D eigenvalue weighted by molar-refractivity contribution is 1.27. The molecule has 2 aromatic heterocycles. The first kappa shape index (κ1) is 24.1. The number of rotatable bonds is 5. The highest BCUT2D eigenvalue weighted by Gasteiger charge is 2.09. The van der Waals surface area contributed by atoms with Crippen LogP contribution in [0.25, 0.3) is 22.3 Å². The number of halogens is 1. The minimum atomic E-state index is 0.511. The van der Waals surface area contributed by atoms with Gasteiger partial charge in [0, 0.05) is 32.3 Å². The predicted molar refractivity (Wildman–Crippen MR) is 142 cm³/mol. The zero-order valence-electron chi connectivity index (χ0n) is 19.7. The Kier molecular flexibility index (Phi) is 8.28. The Hall–Kier alpha value is -3.57. The Morgan fingerprint density at radius 3 is 1.58 bits per heavy atom. The van der Waals surface area contributed by atoms with Crippen molar-refractivity contribution in [2.75, 3.05) is 37.1 Å². The van der Waals surface area contributed by atoms with Gasteiger partial charge in [-0.3, -0.25) is 0 Å². The van der Waals surface area contributed by atoms with Crippen molar-refractivity contribution < 1.29 is 0 Å². The van der Waals surface area contributed by atoms with E-state index in [1.165, 1.54) is 27.8 Å². The standard InChI is InChI=1S/C14H17N3.C13H13ClN2/c1-10-6-4-5-7-11(10)12-8-14(16-3)17-9-13(12)15-2;1-9-5-3-4-6-10(9)11-7-13(14)16-8-12(11)15-2/h4-9,15H,1-3H3,(H,16,17);3-8,15H,1-2H3. The van der Waals surface area contributed by atoms with Crippen molar-refractivity contribution in [3.8, 4) is 22.3 Å². The zero-order valence-corrected chi connectivity index (χ0v) is 20.5. The van der Waals surface area contributed by atoms with Crippen LogP contribution in [0.4, 0.5) is 17.2 Å². The molecule has 0 unspecified atom stereocenters. The topological polar surface area (TPSA) is 61.9 Å². The maximum absolute atomic E-state index is 5.94. The lowest BCUT2D eigenvalue weighted by atomic mass is 10.00. The number of hydrogen-bond donors (Lipinski definition) is 3. The fourth-order valence-corrected chi connectivity index (χ4v) is 3.77. The van der Waals surface area contributed by atoms with E-state index in [1.54, 1.807) is 6.20 Å². The molecule has 0 bridgehead atoms. The van der Waals surface area contributed by atoms with Crippen LogP contribution in [0.15, 0.2) is 73.1 Å². The maximum atomic E-state index is 5.94. The average molecular weight is 460 g/mol. The molecule has 0 spiro atoms. The molecule has 0 amide bonds. The number of pyridine rings is 2. The molecule has 2 heterocycles. The number of hydrogen-bond acceptors (Lipinski definition) is 5. The summed E-state index contributed by atoms with van der Waals surface area (Å²) in [6, 6.07) is 20.5. The first-order chi connectivity index (χ1) is 16.0. The quantitative estimate of drug-likeness (QED) is 0.283. The zero-order chi connectivity index (χ0) is 23.8. The van der Waals surface area contributed by atoms with Gasteiger partial charge in [0.15, 0.2) is 0 Å². The minimum absolute atomic E-state index is 0.511. The molecule has 0 aliphatic carbocycles. The van der Waals surface area contributed by atoms with E-state index in [0.717, 1.165) is 22.8 Å². The van der Waals surface area contributed by atoms with E-state index in [0.29, 0.717) is 5.15 Å². The highest BCUT2D eigenvalue weighted by Crippen LogP contribution is 2.32. The third-order valence-corrected chi connectivity index (χ3v) is 5.65. The monoisotopic (exact) mass is 459 g/mol. The van der Waals surface area contributed by atoms with Crippen LogP contribution in [-0.2, 0) is 0 Å². The summed E-state index contributed by atoms with van der Waals surface area (Å²) in [7, 11) is 5.67. The predicted octanol–water partition coefficient (Wildman–Crippen LogP) is 6.89. The summed E-state index contributed by atoms with van der Waals surface area (Å²) >= 11 is 5.94. The normalized spacial score (nSPS) is 10.1. The molecule has 170 valence electrons. The first-order valence-corrected chi connectivity index (χ1v) is 11.2. The van der Waals surface area contributed by atoms with Gasteiger partial charge in [-0.2, -0.15) is 0 Å². The fraction of sp³-hybridized carbons (Fsp3) is 0.185. The highest BCUT2D eigenvalue weighted by molar-refractivity contribution is 6.29. The van der Waals surface area contributed by atoms with E-state index in [2.05, 4.69) is 82.2 Å². The Balaban J connectivity index is 0.000000186. The van der Waals surface area contributed by atoms with Crippen LogP contribution in [0.5, 0.6) is 0 Å². The molecule has 4 rings (SSSR count). The van der Waals surface area contributed by atoms with Crippen molar-refractivity contribution in [1.82, 2.24) is 9.97 Å². The highest BCUT2D eigenvalue weighted by atomic mass is 35.5. The van der Waals surface area contributed by atoms with Gasteiger partial charge in [0.25, 0.3) is 0 Å². The molecule has 0 aliphatic rings. The Morgan fingerprint density at radius 2 is 1.09 bits per heavy atom. The molecular weight excluding hydrogens is 430 g/mol. The van der Waals surface area contributed by atoms with E-state index in [9.17, 15) is 0 Å². The van der Waals surface area contributed by atoms with Crippen LogP contribution in [0.2, 0.25) is 5.15 Å².